The molecule has 12 nitrogen and oxygen atoms in total. The van der Waals surface area contributed by atoms with Crippen LogP contribution in [0.5, 0.6) is 0 Å². The molecule has 0 saturated heterocycles. The van der Waals surface area contributed by atoms with E-state index in [0.717, 1.165) is 34.2 Å². The molecule has 0 unspecified atom stereocenters. The number of H-pyrrole nitrogens is 6. The first-order valence-electron chi connectivity index (χ1n) is 11.7. The van der Waals surface area contributed by atoms with Crippen molar-refractivity contribution in [1.82, 2.24) is 0 Å². The maximum atomic E-state index is 3.15. The standard InChI is InChI=1S/3C10H8N2.8ClH.6H2O.Ru/c3*1-3-7-11-9(5-1)10-6-2-4-8-12-10;;;;;;;;;;;;;;;/h3*1-8H;8*1H;6*1H2;/q;;;;;;;;;;;;;;;;;+2/p-2. The first-order chi connectivity index (χ1) is 17.9. The van der Waals surface area contributed by atoms with Crippen LogP contribution < -0.4 is 129 Å². The fourth-order valence-corrected chi connectivity index (χ4v) is 3.37. The van der Waals surface area contributed by atoms with Crippen molar-refractivity contribution in [3.8, 4) is 34.2 Å². The predicted octanol–water partition coefficient (Wildman–Crippen LogP) is -26.0. The van der Waals surface area contributed by atoms with E-state index in [4.69, 9.17) is 0 Å². The molecule has 6 aromatic heterocycles. The first-order valence-corrected chi connectivity index (χ1v) is 11.7. The van der Waals surface area contributed by atoms with Gasteiger partial charge in [0.15, 0.2) is 37.2 Å². The monoisotopic (exact) mass is 964 g/mol. The van der Waals surface area contributed by atoms with E-state index in [9.17, 15) is 0 Å². The van der Waals surface area contributed by atoms with Crippen LogP contribution in [0.3, 0.4) is 0 Å². The van der Waals surface area contributed by atoms with Crippen LogP contribution in [-0.2, 0) is 19.5 Å². The predicted molar refractivity (Wildman–Crippen MR) is 157 cm³/mol. The molecule has 0 aliphatic heterocycles. The van der Waals surface area contributed by atoms with E-state index < -0.39 is 0 Å². The van der Waals surface area contributed by atoms with Gasteiger partial charge in [-0.05, 0) is 36.4 Å². The molecular weight excluding hydrogens is 925 g/mol. The Hall–Kier alpha value is -2.40. The minimum Gasteiger partial charge on any atom is -1.00 e. The number of rotatable bonds is 3. The second-order valence-corrected chi connectivity index (χ2v) is 7.66. The molecule has 0 spiro atoms. The van der Waals surface area contributed by atoms with Gasteiger partial charge in [-0.25, -0.2) is 29.9 Å². The number of hydrogen-bond acceptors (Lipinski definition) is 0. The van der Waals surface area contributed by atoms with Crippen LogP contribution in [0.2, 0.25) is 0 Å². The zero-order chi connectivity index (χ0) is 24.7. The van der Waals surface area contributed by atoms with Gasteiger partial charge in [-0.2, -0.15) is 0 Å². The molecule has 6 aromatic rings. The topological polar surface area (TPSA) is 274 Å². The van der Waals surface area contributed by atoms with Gasteiger partial charge in [-0.15, -0.1) is 0 Å². The summed E-state index contributed by atoms with van der Waals surface area (Å²) in [6.07, 6.45) is 11.5. The van der Waals surface area contributed by atoms with Crippen molar-refractivity contribution in [2.24, 2.45) is 0 Å². The van der Waals surface area contributed by atoms with E-state index in [2.05, 4.69) is 29.9 Å². The summed E-state index contributed by atoms with van der Waals surface area (Å²) in [5.74, 6) is 0. The molecule has 0 fully saturated rings. The Morgan fingerprint density at radius 3 is 0.412 bits per heavy atom. The van der Waals surface area contributed by atoms with Gasteiger partial charge in [0.2, 0.25) is 0 Å². The average Bonchev–Trinajstić information content (AvgIpc) is 3.01. The smallest absolute Gasteiger partial charge is 1.00 e. The molecule has 0 saturated carbocycles. The van der Waals surface area contributed by atoms with Crippen molar-refractivity contribution in [2.45, 2.75) is 0 Å². The summed E-state index contributed by atoms with van der Waals surface area (Å²) in [4.78, 5) is 18.9. The van der Waals surface area contributed by atoms with E-state index in [1.165, 1.54) is 0 Å². The van der Waals surface area contributed by atoms with Gasteiger partial charge >= 0.3 is 19.5 Å². The van der Waals surface area contributed by atoms with Gasteiger partial charge in [-0.3, -0.25) is 0 Å². The van der Waals surface area contributed by atoms with Crippen LogP contribution >= 0.6 is 0 Å². The van der Waals surface area contributed by atoms with Crippen molar-refractivity contribution in [3.63, 3.8) is 0 Å². The molecule has 0 bridgehead atoms. The summed E-state index contributed by atoms with van der Waals surface area (Å²) < 4.78 is 0. The van der Waals surface area contributed by atoms with Gasteiger partial charge in [0.25, 0.3) is 34.2 Å². The zero-order valence-electron chi connectivity index (χ0n) is 26.2. The quantitative estimate of drug-likeness (QED) is 0.150. The fourth-order valence-electron chi connectivity index (χ4n) is 3.37. The molecule has 0 aliphatic carbocycles. The van der Waals surface area contributed by atoms with Crippen molar-refractivity contribution in [2.75, 3.05) is 0 Å². The van der Waals surface area contributed by atoms with E-state index in [0.29, 0.717) is 0 Å². The Morgan fingerprint density at radius 2 is 0.333 bits per heavy atom. The Kier molecular flexibility index (Phi) is 80.1. The minimum absolute atomic E-state index is 0. The third-order valence-corrected chi connectivity index (χ3v) is 5.12. The summed E-state index contributed by atoms with van der Waals surface area (Å²) in [6.45, 7) is 0. The molecule has 0 aliphatic rings. The van der Waals surface area contributed by atoms with Crippen LogP contribution in [0, 0.1) is 0 Å². The summed E-state index contributed by atoms with van der Waals surface area (Å²) in [7, 11) is 0. The molecule has 6 heterocycles. The van der Waals surface area contributed by atoms with Crippen LogP contribution in [0.25, 0.3) is 34.2 Å². The van der Waals surface area contributed by atoms with Crippen LogP contribution in [0.4, 0.5) is 0 Å². The maximum absolute atomic E-state index is 3.15. The Bertz CT molecular complexity index is 1160. The van der Waals surface area contributed by atoms with Gasteiger partial charge in [0.1, 0.15) is 0 Å². The van der Waals surface area contributed by atoms with Crippen LogP contribution in [0.15, 0.2) is 146 Å². The first kappa shape index (κ1) is 82.2. The van der Waals surface area contributed by atoms with Gasteiger partial charge in [0, 0.05) is 72.8 Å². The average molecular weight is 967 g/mol. The van der Waals surface area contributed by atoms with E-state index in [1.807, 2.05) is 146 Å². The molecule has 292 valence electrons. The third kappa shape index (κ3) is 29.8. The minimum atomic E-state index is 0. The Balaban J connectivity index is -0.0000000390. The molecule has 18 N–H and O–H groups in total. The van der Waals surface area contributed by atoms with Crippen molar-refractivity contribution < 1.29 is 181 Å². The second kappa shape index (κ2) is 49.7. The largest absolute Gasteiger partial charge is 2.00 e. The van der Waals surface area contributed by atoms with Crippen LogP contribution in [0.1, 0.15) is 0 Å². The normalized spacial score (nSPS) is 6.82. The summed E-state index contributed by atoms with van der Waals surface area (Å²) in [5, 5.41) is 0. The summed E-state index contributed by atoms with van der Waals surface area (Å²) >= 11 is 0. The molecule has 51 heavy (non-hydrogen) atoms. The molecule has 6 rings (SSSR count). The van der Waals surface area contributed by atoms with Crippen molar-refractivity contribution in [3.05, 3.63) is 146 Å². The number of pyridine rings is 6. The number of halogens is 8. The maximum Gasteiger partial charge on any atom is 2.00 e. The Labute approximate surface area is 359 Å². The SMILES string of the molecule is O.O.O.O.O.O.[Cl-].[Cl-].[Cl-].[Cl-].[Cl-].[Cl-].[Cl-].[Cl-].[Ru+2].c1ccc(-c2cccc[nH+]2)[nH+]c1.c1ccc(-c2cccc[nH+]2)[nH+]c1.c1ccc(-c2cccc[nH+]2)[nH+]c1. The third-order valence-electron chi connectivity index (χ3n) is 5.12. The number of nitrogens with one attached hydrogen (secondary N) is 6. The molecule has 0 aromatic carbocycles. The molecule has 0 atom stereocenters. The summed E-state index contributed by atoms with van der Waals surface area (Å²) in [5.41, 5.74) is 6.57. The van der Waals surface area contributed by atoms with E-state index >= 15 is 0 Å². The van der Waals surface area contributed by atoms with Crippen molar-refractivity contribution >= 4 is 0 Å². The summed E-state index contributed by atoms with van der Waals surface area (Å²) in [6, 6.07) is 36.0. The van der Waals surface area contributed by atoms with Gasteiger partial charge in [0.05, 0.1) is 0 Å². The second-order valence-electron chi connectivity index (χ2n) is 7.66. The van der Waals surface area contributed by atoms with E-state index in [1.54, 1.807) is 0 Å². The number of aromatic amines is 6. The molecule has 0 amide bonds. The van der Waals surface area contributed by atoms with Gasteiger partial charge in [-0.1, -0.05) is 0 Å². The van der Waals surface area contributed by atoms with E-state index in [-0.39, 0.29) is 152 Å². The zero-order valence-corrected chi connectivity index (χ0v) is 34.0. The molecular formula is C30H42Cl8N6O6Ru. The molecule has 0 radical (unpaired) electrons. The molecule has 21 heteroatoms. The Morgan fingerprint density at radius 1 is 0.216 bits per heavy atom. The fraction of sp³-hybridized carbons (Fsp3) is 0. The van der Waals surface area contributed by atoms with Crippen molar-refractivity contribution in [1.29, 1.82) is 0 Å². The number of hydrogen-bond donors (Lipinski definition) is 0. The van der Waals surface area contributed by atoms with Gasteiger partial charge < -0.3 is 132 Å². The van der Waals surface area contributed by atoms with Crippen LogP contribution in [-0.4, -0.2) is 32.9 Å². The number of aromatic nitrogens is 6.